The van der Waals surface area contributed by atoms with Crippen molar-refractivity contribution in [3.63, 3.8) is 0 Å². The number of rotatable bonds is 4. The van der Waals surface area contributed by atoms with Gasteiger partial charge in [0.1, 0.15) is 15.8 Å². The SMILES string of the molecule is Cc1ccc(-c2ccc(/C=C3\SC(=S)N(Cc4ccccc4)C3=O)o2)c(Br)c1. The zero-order valence-corrected chi connectivity index (χ0v) is 18.2. The van der Waals surface area contributed by atoms with Crippen LogP contribution in [0.4, 0.5) is 0 Å². The van der Waals surface area contributed by atoms with Crippen molar-refractivity contribution in [3.05, 3.63) is 86.9 Å². The molecule has 140 valence electrons. The van der Waals surface area contributed by atoms with Crippen molar-refractivity contribution in [1.29, 1.82) is 0 Å². The number of hydrogen-bond donors (Lipinski definition) is 0. The van der Waals surface area contributed by atoms with Gasteiger partial charge in [-0.2, -0.15) is 0 Å². The van der Waals surface area contributed by atoms with Gasteiger partial charge >= 0.3 is 0 Å². The van der Waals surface area contributed by atoms with E-state index in [2.05, 4.69) is 15.9 Å². The predicted molar refractivity (Wildman–Crippen MR) is 122 cm³/mol. The fourth-order valence-corrected chi connectivity index (χ4v) is 4.85. The van der Waals surface area contributed by atoms with Crippen molar-refractivity contribution in [1.82, 2.24) is 4.90 Å². The van der Waals surface area contributed by atoms with E-state index in [-0.39, 0.29) is 5.91 Å². The van der Waals surface area contributed by atoms with Crippen LogP contribution in [0.15, 0.2) is 74.5 Å². The number of halogens is 1. The quantitative estimate of drug-likeness (QED) is 0.326. The van der Waals surface area contributed by atoms with Crippen LogP contribution in [0.3, 0.4) is 0 Å². The summed E-state index contributed by atoms with van der Waals surface area (Å²) in [5.41, 5.74) is 3.19. The second-order valence-electron chi connectivity index (χ2n) is 6.44. The number of furan rings is 1. The molecule has 2 heterocycles. The summed E-state index contributed by atoms with van der Waals surface area (Å²) in [4.78, 5) is 15.0. The molecule has 3 aromatic rings. The predicted octanol–water partition coefficient (Wildman–Crippen LogP) is 6.42. The van der Waals surface area contributed by atoms with E-state index in [9.17, 15) is 4.79 Å². The number of hydrogen-bond acceptors (Lipinski definition) is 4. The first kappa shape index (κ1) is 19.2. The van der Waals surface area contributed by atoms with Crippen LogP contribution >= 0.6 is 39.9 Å². The average molecular weight is 470 g/mol. The minimum Gasteiger partial charge on any atom is -0.457 e. The number of carbonyl (C=O) groups excluding carboxylic acids is 1. The average Bonchev–Trinajstić information content (AvgIpc) is 3.23. The molecule has 1 aliphatic rings. The Balaban J connectivity index is 1.56. The second-order valence-corrected chi connectivity index (χ2v) is 8.97. The molecule has 28 heavy (non-hydrogen) atoms. The first-order chi connectivity index (χ1) is 13.5. The minimum absolute atomic E-state index is 0.0895. The van der Waals surface area contributed by atoms with Gasteiger partial charge in [0.05, 0.1) is 11.4 Å². The van der Waals surface area contributed by atoms with Gasteiger partial charge in [-0.25, -0.2) is 0 Å². The molecule has 0 saturated carbocycles. The number of aryl methyl sites for hydroxylation is 1. The molecule has 2 aromatic carbocycles. The summed E-state index contributed by atoms with van der Waals surface area (Å²) in [5, 5.41) is 0. The van der Waals surface area contributed by atoms with Crippen molar-refractivity contribution >= 4 is 56.2 Å². The molecule has 3 nitrogen and oxygen atoms in total. The number of thiocarbonyl (C=S) groups is 1. The topological polar surface area (TPSA) is 33.5 Å². The Labute approximate surface area is 181 Å². The van der Waals surface area contributed by atoms with Crippen molar-refractivity contribution in [2.75, 3.05) is 0 Å². The van der Waals surface area contributed by atoms with Gasteiger partial charge in [-0.05, 0) is 42.3 Å². The summed E-state index contributed by atoms with van der Waals surface area (Å²) in [7, 11) is 0. The van der Waals surface area contributed by atoms with Crippen LogP contribution in [0, 0.1) is 6.92 Å². The Morgan fingerprint density at radius 2 is 1.93 bits per heavy atom. The van der Waals surface area contributed by atoms with Crippen LogP contribution in [0.1, 0.15) is 16.9 Å². The van der Waals surface area contributed by atoms with Crippen molar-refractivity contribution < 1.29 is 9.21 Å². The summed E-state index contributed by atoms with van der Waals surface area (Å²) >= 11 is 10.3. The van der Waals surface area contributed by atoms with Gasteiger partial charge in [0.15, 0.2) is 0 Å². The normalized spacial score (nSPS) is 15.6. The minimum atomic E-state index is -0.0895. The Morgan fingerprint density at radius 3 is 2.68 bits per heavy atom. The van der Waals surface area contributed by atoms with Gasteiger partial charge in [0, 0.05) is 16.1 Å². The van der Waals surface area contributed by atoms with Gasteiger partial charge in [-0.3, -0.25) is 9.69 Å². The lowest BCUT2D eigenvalue weighted by atomic mass is 10.1. The Hall–Kier alpha value is -2.15. The molecule has 1 fully saturated rings. The molecule has 1 aliphatic heterocycles. The van der Waals surface area contributed by atoms with Crippen LogP contribution in [0.2, 0.25) is 0 Å². The molecule has 0 unspecified atom stereocenters. The standard InChI is InChI=1S/C22H16BrNO2S2/c1-14-7-9-17(18(23)11-14)19-10-8-16(26-19)12-20-21(25)24(22(27)28-20)13-15-5-3-2-4-6-15/h2-12H,13H2,1H3/b20-12-. The summed E-state index contributed by atoms with van der Waals surface area (Å²) in [5.74, 6) is 1.29. The van der Waals surface area contributed by atoms with E-state index in [1.165, 1.54) is 17.3 Å². The van der Waals surface area contributed by atoms with E-state index in [1.54, 1.807) is 11.0 Å². The molecule has 0 bridgehead atoms. The molecule has 0 atom stereocenters. The zero-order valence-electron chi connectivity index (χ0n) is 15.0. The maximum Gasteiger partial charge on any atom is 0.266 e. The third-order valence-electron chi connectivity index (χ3n) is 4.35. The molecule has 4 rings (SSSR count). The van der Waals surface area contributed by atoms with Gasteiger partial charge in [-0.1, -0.05) is 76.3 Å². The molecule has 1 aromatic heterocycles. The van der Waals surface area contributed by atoms with Crippen molar-refractivity contribution in [2.24, 2.45) is 0 Å². The van der Waals surface area contributed by atoms with Crippen molar-refractivity contribution in [3.8, 4) is 11.3 Å². The highest BCUT2D eigenvalue weighted by atomic mass is 79.9. The molecule has 0 spiro atoms. The van der Waals surface area contributed by atoms with Gasteiger partial charge in [-0.15, -0.1) is 0 Å². The first-order valence-corrected chi connectivity index (χ1v) is 10.7. The number of thioether (sulfide) groups is 1. The van der Waals surface area contributed by atoms with Crippen LogP contribution in [-0.4, -0.2) is 15.1 Å². The largest absolute Gasteiger partial charge is 0.457 e. The summed E-state index contributed by atoms with van der Waals surface area (Å²) in [6, 6.07) is 19.7. The smallest absolute Gasteiger partial charge is 0.266 e. The molecule has 6 heteroatoms. The summed E-state index contributed by atoms with van der Waals surface area (Å²) < 4.78 is 7.49. The Morgan fingerprint density at radius 1 is 1.14 bits per heavy atom. The van der Waals surface area contributed by atoms with Crippen molar-refractivity contribution in [2.45, 2.75) is 13.5 Å². The van der Waals surface area contributed by atoms with Crippen LogP contribution in [0.5, 0.6) is 0 Å². The molecule has 1 amide bonds. The van der Waals surface area contributed by atoms with E-state index in [0.29, 0.717) is 21.5 Å². The fraction of sp³-hybridized carbons (Fsp3) is 0.0909. The Kier molecular flexibility index (Phi) is 5.53. The van der Waals surface area contributed by atoms with E-state index >= 15 is 0 Å². The number of nitrogens with zero attached hydrogens (tertiary/aromatic N) is 1. The molecule has 0 N–H and O–H groups in total. The van der Waals surface area contributed by atoms with E-state index in [0.717, 1.165) is 21.4 Å². The third kappa shape index (κ3) is 3.99. The lowest BCUT2D eigenvalue weighted by Crippen LogP contribution is -2.27. The van der Waals surface area contributed by atoms with E-state index in [1.807, 2.05) is 67.6 Å². The van der Waals surface area contributed by atoms with Crippen LogP contribution < -0.4 is 0 Å². The third-order valence-corrected chi connectivity index (χ3v) is 6.38. The molecular formula is C22H16BrNO2S2. The second kappa shape index (κ2) is 8.07. The maximum atomic E-state index is 12.8. The number of carbonyl (C=O) groups is 1. The monoisotopic (exact) mass is 469 g/mol. The summed E-state index contributed by atoms with van der Waals surface area (Å²) in [6.45, 7) is 2.52. The fourth-order valence-electron chi connectivity index (χ4n) is 2.93. The van der Waals surface area contributed by atoms with Gasteiger partial charge < -0.3 is 4.42 Å². The van der Waals surface area contributed by atoms with Crippen LogP contribution in [0.25, 0.3) is 17.4 Å². The van der Waals surface area contributed by atoms with Crippen LogP contribution in [-0.2, 0) is 11.3 Å². The lowest BCUT2D eigenvalue weighted by molar-refractivity contribution is -0.122. The zero-order chi connectivity index (χ0) is 19.7. The summed E-state index contributed by atoms with van der Waals surface area (Å²) in [6.07, 6.45) is 1.76. The Bertz CT molecular complexity index is 1090. The molecule has 0 aliphatic carbocycles. The first-order valence-electron chi connectivity index (χ1n) is 8.67. The molecule has 1 saturated heterocycles. The number of amides is 1. The van der Waals surface area contributed by atoms with Gasteiger partial charge in [0.2, 0.25) is 0 Å². The highest BCUT2D eigenvalue weighted by Crippen LogP contribution is 2.35. The lowest BCUT2D eigenvalue weighted by Gasteiger charge is -2.14. The number of benzene rings is 2. The molecular weight excluding hydrogens is 454 g/mol. The highest BCUT2D eigenvalue weighted by Gasteiger charge is 2.32. The maximum absolute atomic E-state index is 12.8. The molecule has 0 radical (unpaired) electrons. The van der Waals surface area contributed by atoms with E-state index < -0.39 is 0 Å². The van der Waals surface area contributed by atoms with E-state index in [4.69, 9.17) is 16.6 Å². The highest BCUT2D eigenvalue weighted by molar-refractivity contribution is 9.10. The van der Waals surface area contributed by atoms with Gasteiger partial charge in [0.25, 0.3) is 5.91 Å².